The fourth-order valence-electron chi connectivity index (χ4n) is 2.40. The summed E-state index contributed by atoms with van der Waals surface area (Å²) in [6, 6.07) is 11.6. The summed E-state index contributed by atoms with van der Waals surface area (Å²) in [5.41, 5.74) is 9.55. The lowest BCUT2D eigenvalue weighted by Crippen LogP contribution is -2.13. The van der Waals surface area contributed by atoms with E-state index in [-0.39, 0.29) is 6.04 Å². The molecule has 0 fully saturated rings. The summed E-state index contributed by atoms with van der Waals surface area (Å²) >= 11 is 0. The molecule has 21 heavy (non-hydrogen) atoms. The molecule has 0 aliphatic heterocycles. The second-order valence-corrected chi connectivity index (χ2v) is 4.79. The van der Waals surface area contributed by atoms with Gasteiger partial charge in [0.25, 0.3) is 0 Å². The first kappa shape index (κ1) is 15.2. The molecule has 1 atom stereocenters. The molecule has 0 saturated carbocycles. The van der Waals surface area contributed by atoms with Gasteiger partial charge in [-0.3, -0.25) is 0 Å². The van der Waals surface area contributed by atoms with E-state index in [4.69, 9.17) is 19.9 Å². The van der Waals surface area contributed by atoms with Crippen molar-refractivity contribution in [2.75, 3.05) is 21.3 Å². The van der Waals surface area contributed by atoms with Crippen LogP contribution in [-0.2, 0) is 0 Å². The van der Waals surface area contributed by atoms with E-state index in [0.29, 0.717) is 17.2 Å². The van der Waals surface area contributed by atoms with Crippen LogP contribution in [0.5, 0.6) is 17.2 Å². The van der Waals surface area contributed by atoms with Gasteiger partial charge in [0.15, 0.2) is 11.5 Å². The fraction of sp³-hybridized carbons (Fsp3) is 0.294. The van der Waals surface area contributed by atoms with Crippen molar-refractivity contribution in [2.45, 2.75) is 13.0 Å². The Balaban J connectivity index is 2.51. The van der Waals surface area contributed by atoms with E-state index in [1.165, 1.54) is 0 Å². The lowest BCUT2D eigenvalue weighted by Gasteiger charge is -2.19. The first-order chi connectivity index (χ1) is 10.1. The second-order valence-electron chi connectivity index (χ2n) is 4.79. The van der Waals surface area contributed by atoms with Crippen LogP contribution < -0.4 is 19.9 Å². The van der Waals surface area contributed by atoms with Gasteiger partial charge >= 0.3 is 0 Å². The normalized spacial score (nSPS) is 11.9. The summed E-state index contributed by atoms with van der Waals surface area (Å²) in [7, 11) is 4.78. The number of hydrogen-bond acceptors (Lipinski definition) is 4. The SMILES string of the molecule is COc1cc(C(N)c2ccccc2C)cc(OC)c1OC. The molecule has 0 saturated heterocycles. The Labute approximate surface area is 125 Å². The Bertz CT molecular complexity index is 600. The zero-order chi connectivity index (χ0) is 15.4. The molecule has 0 aliphatic carbocycles. The smallest absolute Gasteiger partial charge is 0.203 e. The van der Waals surface area contributed by atoms with Crippen molar-refractivity contribution in [1.29, 1.82) is 0 Å². The third-order valence-corrected chi connectivity index (χ3v) is 3.57. The number of hydrogen-bond donors (Lipinski definition) is 1. The topological polar surface area (TPSA) is 53.7 Å². The lowest BCUT2D eigenvalue weighted by atomic mass is 9.95. The van der Waals surface area contributed by atoms with Crippen molar-refractivity contribution in [3.8, 4) is 17.2 Å². The number of benzene rings is 2. The quantitative estimate of drug-likeness (QED) is 0.918. The van der Waals surface area contributed by atoms with Crippen LogP contribution >= 0.6 is 0 Å². The maximum absolute atomic E-state index is 6.40. The van der Waals surface area contributed by atoms with E-state index in [1.54, 1.807) is 21.3 Å². The molecule has 4 heteroatoms. The number of nitrogens with two attached hydrogens (primary N) is 1. The lowest BCUT2D eigenvalue weighted by molar-refractivity contribution is 0.323. The van der Waals surface area contributed by atoms with Crippen molar-refractivity contribution in [3.05, 3.63) is 53.1 Å². The number of methoxy groups -OCH3 is 3. The highest BCUT2D eigenvalue weighted by Gasteiger charge is 2.18. The molecule has 0 amide bonds. The van der Waals surface area contributed by atoms with E-state index in [2.05, 4.69) is 0 Å². The number of aryl methyl sites for hydroxylation is 1. The average molecular weight is 287 g/mol. The predicted octanol–water partition coefficient (Wildman–Crippen LogP) is 3.07. The maximum Gasteiger partial charge on any atom is 0.203 e. The molecule has 0 aliphatic rings. The average Bonchev–Trinajstić information content (AvgIpc) is 2.53. The molecule has 0 bridgehead atoms. The molecule has 0 aromatic heterocycles. The molecule has 112 valence electrons. The third-order valence-electron chi connectivity index (χ3n) is 3.57. The minimum Gasteiger partial charge on any atom is -0.493 e. The van der Waals surface area contributed by atoms with Crippen LogP contribution in [0.4, 0.5) is 0 Å². The Hall–Kier alpha value is -2.20. The second kappa shape index (κ2) is 6.50. The van der Waals surface area contributed by atoms with E-state index in [1.807, 2.05) is 43.3 Å². The van der Waals surface area contributed by atoms with Crippen LogP contribution in [0.2, 0.25) is 0 Å². The van der Waals surface area contributed by atoms with Crippen LogP contribution in [0, 0.1) is 6.92 Å². The highest BCUT2D eigenvalue weighted by molar-refractivity contribution is 5.55. The highest BCUT2D eigenvalue weighted by atomic mass is 16.5. The van der Waals surface area contributed by atoms with Crippen molar-refractivity contribution < 1.29 is 14.2 Å². The molecule has 1 unspecified atom stereocenters. The molecule has 0 heterocycles. The van der Waals surface area contributed by atoms with E-state index < -0.39 is 0 Å². The standard InChI is InChI=1S/C17H21NO3/c1-11-7-5-6-8-13(11)16(18)12-9-14(19-2)17(21-4)15(10-12)20-3/h5-10,16H,18H2,1-4H3. The van der Waals surface area contributed by atoms with Gasteiger partial charge in [0.2, 0.25) is 5.75 Å². The first-order valence-corrected chi connectivity index (χ1v) is 6.73. The van der Waals surface area contributed by atoms with Gasteiger partial charge in [0, 0.05) is 0 Å². The summed E-state index contributed by atoms with van der Waals surface area (Å²) < 4.78 is 16.1. The molecule has 4 nitrogen and oxygen atoms in total. The maximum atomic E-state index is 6.40. The summed E-state index contributed by atoms with van der Waals surface area (Å²) in [6.07, 6.45) is 0. The molecule has 2 aromatic carbocycles. The summed E-state index contributed by atoms with van der Waals surface area (Å²) in [6.45, 7) is 2.05. The molecule has 0 spiro atoms. The summed E-state index contributed by atoms with van der Waals surface area (Å²) in [4.78, 5) is 0. The van der Waals surface area contributed by atoms with Gasteiger partial charge in [-0.05, 0) is 35.7 Å². The predicted molar refractivity (Wildman–Crippen MR) is 83.3 cm³/mol. The van der Waals surface area contributed by atoms with E-state index in [9.17, 15) is 0 Å². The highest BCUT2D eigenvalue weighted by Crippen LogP contribution is 2.40. The van der Waals surface area contributed by atoms with Crippen LogP contribution in [-0.4, -0.2) is 21.3 Å². The third kappa shape index (κ3) is 2.95. The summed E-state index contributed by atoms with van der Waals surface area (Å²) in [5.74, 6) is 1.78. The van der Waals surface area contributed by atoms with Crippen molar-refractivity contribution in [3.63, 3.8) is 0 Å². The molecule has 2 N–H and O–H groups in total. The van der Waals surface area contributed by atoms with Gasteiger partial charge in [-0.1, -0.05) is 24.3 Å². The van der Waals surface area contributed by atoms with Crippen LogP contribution in [0.1, 0.15) is 22.7 Å². The fourth-order valence-corrected chi connectivity index (χ4v) is 2.40. The first-order valence-electron chi connectivity index (χ1n) is 6.73. The minimum atomic E-state index is -0.250. The van der Waals surface area contributed by atoms with E-state index in [0.717, 1.165) is 16.7 Å². The Morgan fingerprint density at radius 2 is 1.48 bits per heavy atom. The van der Waals surface area contributed by atoms with Crippen LogP contribution in [0.15, 0.2) is 36.4 Å². The van der Waals surface area contributed by atoms with Gasteiger partial charge < -0.3 is 19.9 Å². The molecule has 2 rings (SSSR count). The minimum absolute atomic E-state index is 0.250. The van der Waals surface area contributed by atoms with Crippen LogP contribution in [0.3, 0.4) is 0 Å². The summed E-state index contributed by atoms with van der Waals surface area (Å²) in [5, 5.41) is 0. The zero-order valence-electron chi connectivity index (χ0n) is 12.8. The molecular weight excluding hydrogens is 266 g/mol. The monoisotopic (exact) mass is 287 g/mol. The van der Waals surface area contributed by atoms with Gasteiger partial charge in [-0.25, -0.2) is 0 Å². The van der Waals surface area contributed by atoms with Crippen molar-refractivity contribution in [2.24, 2.45) is 5.73 Å². The van der Waals surface area contributed by atoms with Gasteiger partial charge in [0.05, 0.1) is 27.4 Å². The Morgan fingerprint density at radius 3 is 1.95 bits per heavy atom. The van der Waals surface area contributed by atoms with Gasteiger partial charge in [-0.2, -0.15) is 0 Å². The number of ether oxygens (including phenoxy) is 3. The molecular formula is C17H21NO3. The largest absolute Gasteiger partial charge is 0.493 e. The number of rotatable bonds is 5. The molecule has 2 aromatic rings. The van der Waals surface area contributed by atoms with Gasteiger partial charge in [0.1, 0.15) is 0 Å². The van der Waals surface area contributed by atoms with Crippen molar-refractivity contribution in [1.82, 2.24) is 0 Å². The zero-order valence-corrected chi connectivity index (χ0v) is 12.8. The van der Waals surface area contributed by atoms with Crippen LogP contribution in [0.25, 0.3) is 0 Å². The van der Waals surface area contributed by atoms with Gasteiger partial charge in [-0.15, -0.1) is 0 Å². The van der Waals surface area contributed by atoms with E-state index >= 15 is 0 Å². The Morgan fingerprint density at radius 1 is 0.905 bits per heavy atom. The molecule has 0 radical (unpaired) electrons. The van der Waals surface area contributed by atoms with Crippen molar-refractivity contribution >= 4 is 0 Å². The Kier molecular flexibility index (Phi) is 4.70.